The molecule has 1 amide bonds. The number of halogens is 1. The molecule has 0 bridgehead atoms. The van der Waals surface area contributed by atoms with Crippen molar-refractivity contribution in [2.75, 3.05) is 26.0 Å². The van der Waals surface area contributed by atoms with Gasteiger partial charge in [-0.05, 0) is 24.1 Å². The van der Waals surface area contributed by atoms with E-state index < -0.39 is 0 Å². The Bertz CT molecular complexity index is 689. The highest BCUT2D eigenvalue weighted by Crippen LogP contribution is 2.30. The van der Waals surface area contributed by atoms with Crippen molar-refractivity contribution < 1.29 is 9.53 Å². The van der Waals surface area contributed by atoms with E-state index in [0.29, 0.717) is 30.3 Å². The number of rotatable bonds is 7. The molecule has 0 radical (unpaired) electrons. The van der Waals surface area contributed by atoms with Crippen molar-refractivity contribution in [1.29, 1.82) is 0 Å². The molecule has 0 saturated carbocycles. The number of aryl methyl sites for hydroxylation is 1. The SMILES string of the molecule is COc1cc(Cl)c(C)cc1NCCC(=O)N(C)Cc1ccccc1. The van der Waals surface area contributed by atoms with Crippen LogP contribution in [0.2, 0.25) is 5.02 Å². The molecular formula is C19H23ClN2O2. The third kappa shape index (κ3) is 4.90. The van der Waals surface area contributed by atoms with Crippen molar-refractivity contribution >= 4 is 23.2 Å². The van der Waals surface area contributed by atoms with Crippen LogP contribution in [-0.2, 0) is 11.3 Å². The summed E-state index contributed by atoms with van der Waals surface area (Å²) in [6.45, 7) is 3.09. The lowest BCUT2D eigenvalue weighted by Gasteiger charge is -2.18. The van der Waals surface area contributed by atoms with E-state index in [1.807, 2.05) is 50.4 Å². The monoisotopic (exact) mass is 346 g/mol. The van der Waals surface area contributed by atoms with Crippen molar-refractivity contribution in [3.05, 3.63) is 58.6 Å². The number of carbonyl (C=O) groups is 1. The number of hydrogen-bond acceptors (Lipinski definition) is 3. The molecule has 0 saturated heterocycles. The number of methoxy groups -OCH3 is 1. The van der Waals surface area contributed by atoms with Crippen molar-refractivity contribution in [3.63, 3.8) is 0 Å². The highest BCUT2D eigenvalue weighted by atomic mass is 35.5. The lowest BCUT2D eigenvalue weighted by molar-refractivity contribution is -0.130. The number of benzene rings is 2. The molecule has 2 rings (SSSR count). The molecular weight excluding hydrogens is 324 g/mol. The maximum atomic E-state index is 12.2. The molecule has 2 aromatic rings. The summed E-state index contributed by atoms with van der Waals surface area (Å²) in [6, 6.07) is 13.7. The van der Waals surface area contributed by atoms with Gasteiger partial charge < -0.3 is 15.0 Å². The summed E-state index contributed by atoms with van der Waals surface area (Å²) in [5, 5.41) is 3.91. The molecule has 0 atom stereocenters. The highest BCUT2D eigenvalue weighted by Gasteiger charge is 2.11. The van der Waals surface area contributed by atoms with E-state index in [1.54, 1.807) is 18.1 Å². The molecule has 0 aliphatic heterocycles. The average Bonchev–Trinajstić information content (AvgIpc) is 2.58. The number of anilines is 1. The predicted octanol–water partition coefficient (Wildman–Crippen LogP) is 4.12. The summed E-state index contributed by atoms with van der Waals surface area (Å²) < 4.78 is 5.32. The molecule has 2 aromatic carbocycles. The Morgan fingerprint density at radius 2 is 1.96 bits per heavy atom. The first-order chi connectivity index (χ1) is 11.5. The zero-order valence-electron chi connectivity index (χ0n) is 14.3. The van der Waals surface area contributed by atoms with Crippen LogP contribution in [0.4, 0.5) is 5.69 Å². The number of nitrogens with zero attached hydrogens (tertiary/aromatic N) is 1. The van der Waals surface area contributed by atoms with E-state index >= 15 is 0 Å². The lowest BCUT2D eigenvalue weighted by Crippen LogP contribution is -2.27. The van der Waals surface area contributed by atoms with Gasteiger partial charge in [0.25, 0.3) is 0 Å². The van der Waals surface area contributed by atoms with Gasteiger partial charge in [-0.3, -0.25) is 4.79 Å². The maximum absolute atomic E-state index is 12.2. The van der Waals surface area contributed by atoms with Gasteiger partial charge in [0.15, 0.2) is 0 Å². The first kappa shape index (κ1) is 18.1. The second kappa shape index (κ2) is 8.60. The molecule has 0 heterocycles. The van der Waals surface area contributed by atoms with E-state index in [0.717, 1.165) is 16.8 Å². The van der Waals surface area contributed by atoms with Gasteiger partial charge in [0, 0.05) is 37.6 Å². The second-order valence-corrected chi connectivity index (χ2v) is 6.12. The fraction of sp³-hybridized carbons (Fsp3) is 0.316. The molecule has 0 aliphatic carbocycles. The molecule has 0 unspecified atom stereocenters. The summed E-state index contributed by atoms with van der Waals surface area (Å²) in [4.78, 5) is 14.0. The average molecular weight is 347 g/mol. The summed E-state index contributed by atoms with van der Waals surface area (Å²) in [7, 11) is 3.42. The van der Waals surface area contributed by atoms with Gasteiger partial charge in [-0.1, -0.05) is 41.9 Å². The van der Waals surface area contributed by atoms with Gasteiger partial charge >= 0.3 is 0 Å². The lowest BCUT2D eigenvalue weighted by atomic mass is 10.2. The van der Waals surface area contributed by atoms with Gasteiger partial charge in [0.2, 0.25) is 5.91 Å². The van der Waals surface area contributed by atoms with E-state index in [-0.39, 0.29) is 5.91 Å². The van der Waals surface area contributed by atoms with Crippen LogP contribution in [0, 0.1) is 6.92 Å². The van der Waals surface area contributed by atoms with Crippen molar-refractivity contribution in [2.45, 2.75) is 19.9 Å². The first-order valence-electron chi connectivity index (χ1n) is 7.87. The summed E-state index contributed by atoms with van der Waals surface area (Å²) in [5.41, 5.74) is 2.93. The first-order valence-corrected chi connectivity index (χ1v) is 8.25. The van der Waals surface area contributed by atoms with Gasteiger partial charge in [0.1, 0.15) is 5.75 Å². The minimum atomic E-state index is 0.0935. The van der Waals surface area contributed by atoms with Crippen LogP contribution in [-0.4, -0.2) is 31.5 Å². The van der Waals surface area contributed by atoms with Crippen LogP contribution < -0.4 is 10.1 Å². The van der Waals surface area contributed by atoms with Crippen LogP contribution in [0.15, 0.2) is 42.5 Å². The standard InChI is InChI=1S/C19H23ClN2O2/c1-14-11-17(18(24-3)12-16(14)20)21-10-9-19(23)22(2)13-15-7-5-4-6-8-15/h4-8,11-12,21H,9-10,13H2,1-3H3. The van der Waals surface area contributed by atoms with E-state index in [4.69, 9.17) is 16.3 Å². The Balaban J connectivity index is 1.87. The number of carbonyl (C=O) groups excluding carboxylic acids is 1. The maximum Gasteiger partial charge on any atom is 0.224 e. The second-order valence-electron chi connectivity index (χ2n) is 5.71. The van der Waals surface area contributed by atoms with E-state index in [2.05, 4.69) is 5.32 Å². The van der Waals surface area contributed by atoms with Gasteiger partial charge in [-0.2, -0.15) is 0 Å². The largest absolute Gasteiger partial charge is 0.495 e. The predicted molar refractivity (Wildman–Crippen MR) is 98.8 cm³/mol. The van der Waals surface area contributed by atoms with Gasteiger partial charge in [-0.25, -0.2) is 0 Å². The molecule has 0 spiro atoms. The topological polar surface area (TPSA) is 41.6 Å². The summed E-state index contributed by atoms with van der Waals surface area (Å²) >= 11 is 6.10. The molecule has 1 N–H and O–H groups in total. The quantitative estimate of drug-likeness (QED) is 0.820. The number of amides is 1. The molecule has 0 fully saturated rings. The molecule has 4 nitrogen and oxygen atoms in total. The summed E-state index contributed by atoms with van der Waals surface area (Å²) in [5.74, 6) is 0.770. The van der Waals surface area contributed by atoms with Crippen LogP contribution in [0.5, 0.6) is 5.75 Å². The molecule has 24 heavy (non-hydrogen) atoms. The van der Waals surface area contributed by atoms with Crippen molar-refractivity contribution in [1.82, 2.24) is 4.90 Å². The van der Waals surface area contributed by atoms with Crippen LogP contribution in [0.1, 0.15) is 17.5 Å². The van der Waals surface area contributed by atoms with Crippen molar-refractivity contribution in [3.8, 4) is 5.75 Å². The Labute approximate surface area is 148 Å². The Morgan fingerprint density at radius 3 is 2.62 bits per heavy atom. The third-order valence-electron chi connectivity index (χ3n) is 3.82. The molecule has 5 heteroatoms. The minimum absolute atomic E-state index is 0.0935. The molecule has 0 aliphatic rings. The van der Waals surface area contributed by atoms with Gasteiger partial charge in [0.05, 0.1) is 12.8 Å². The minimum Gasteiger partial charge on any atom is -0.495 e. The van der Waals surface area contributed by atoms with E-state index in [1.165, 1.54) is 0 Å². The number of hydrogen-bond donors (Lipinski definition) is 1. The fourth-order valence-electron chi connectivity index (χ4n) is 2.41. The van der Waals surface area contributed by atoms with Gasteiger partial charge in [-0.15, -0.1) is 0 Å². The van der Waals surface area contributed by atoms with E-state index in [9.17, 15) is 4.79 Å². The zero-order chi connectivity index (χ0) is 17.5. The smallest absolute Gasteiger partial charge is 0.224 e. The molecule has 0 aromatic heterocycles. The number of nitrogens with one attached hydrogen (secondary N) is 1. The molecule has 128 valence electrons. The van der Waals surface area contributed by atoms with Crippen LogP contribution in [0.3, 0.4) is 0 Å². The highest BCUT2D eigenvalue weighted by molar-refractivity contribution is 6.31. The van der Waals surface area contributed by atoms with Crippen LogP contribution >= 0.6 is 11.6 Å². The normalized spacial score (nSPS) is 10.3. The summed E-state index contributed by atoms with van der Waals surface area (Å²) in [6.07, 6.45) is 0.411. The van der Waals surface area contributed by atoms with Crippen LogP contribution in [0.25, 0.3) is 0 Å². The third-order valence-corrected chi connectivity index (χ3v) is 4.23. The fourth-order valence-corrected chi connectivity index (χ4v) is 2.56. The Morgan fingerprint density at radius 1 is 1.25 bits per heavy atom. The Kier molecular flexibility index (Phi) is 6.50. The van der Waals surface area contributed by atoms with Crippen molar-refractivity contribution in [2.24, 2.45) is 0 Å². The number of ether oxygens (including phenoxy) is 1. The zero-order valence-corrected chi connectivity index (χ0v) is 15.1. The Hall–Kier alpha value is -2.20.